The fourth-order valence-electron chi connectivity index (χ4n) is 1.92. The van der Waals surface area contributed by atoms with Gasteiger partial charge in [-0.05, 0) is 12.1 Å². The molecule has 0 saturated carbocycles. The number of nitrogens with one attached hydrogen (secondary N) is 2. The molecule has 0 spiro atoms. The van der Waals surface area contributed by atoms with E-state index in [0.717, 1.165) is 23.8 Å². The van der Waals surface area contributed by atoms with Crippen molar-refractivity contribution in [3.05, 3.63) is 30.3 Å². The molecule has 1 aromatic rings. The number of halogens is 1. The first-order valence-corrected chi connectivity index (χ1v) is 7.76. The van der Waals surface area contributed by atoms with Crippen LogP contribution in [-0.2, 0) is 4.79 Å². The van der Waals surface area contributed by atoms with E-state index < -0.39 is 0 Å². The maximum Gasteiger partial charge on any atom is 0.221 e. The number of ether oxygens (including phenoxy) is 1. The standard InChI is InChI=1S/C14H20N2O2S.ClH/c17-14(10-12-11-19-9-7-15-12)16-6-8-18-13-4-2-1-3-5-13;/h1-5,12,15H,6-11H2,(H,16,17);1H. The van der Waals surface area contributed by atoms with Gasteiger partial charge in [0, 0.05) is 30.5 Å². The van der Waals surface area contributed by atoms with Gasteiger partial charge in [0.25, 0.3) is 0 Å². The molecule has 4 nitrogen and oxygen atoms in total. The average Bonchev–Trinajstić information content (AvgIpc) is 2.46. The normalized spacial score (nSPS) is 17.9. The highest BCUT2D eigenvalue weighted by Gasteiger charge is 2.16. The Morgan fingerprint density at radius 1 is 1.40 bits per heavy atom. The Morgan fingerprint density at radius 3 is 2.90 bits per heavy atom. The van der Waals surface area contributed by atoms with Crippen LogP contribution in [0.4, 0.5) is 0 Å². The molecule has 1 aliphatic rings. The molecule has 1 heterocycles. The van der Waals surface area contributed by atoms with Crippen molar-refractivity contribution in [3.8, 4) is 5.75 Å². The summed E-state index contributed by atoms with van der Waals surface area (Å²) in [7, 11) is 0. The smallest absolute Gasteiger partial charge is 0.221 e. The molecule has 1 aliphatic heterocycles. The predicted molar refractivity (Wildman–Crippen MR) is 85.9 cm³/mol. The predicted octanol–water partition coefficient (Wildman–Crippen LogP) is 1.70. The summed E-state index contributed by atoms with van der Waals surface area (Å²) in [4.78, 5) is 11.7. The first kappa shape index (κ1) is 17.1. The Labute approximate surface area is 130 Å². The van der Waals surface area contributed by atoms with E-state index >= 15 is 0 Å². The second-order valence-electron chi connectivity index (χ2n) is 4.44. The minimum absolute atomic E-state index is 0. The van der Waals surface area contributed by atoms with Gasteiger partial charge in [0.1, 0.15) is 12.4 Å². The van der Waals surface area contributed by atoms with Crippen LogP contribution in [0.1, 0.15) is 6.42 Å². The number of para-hydroxylation sites is 1. The number of amides is 1. The molecule has 1 fully saturated rings. The van der Waals surface area contributed by atoms with Crippen molar-refractivity contribution in [1.29, 1.82) is 0 Å². The zero-order valence-electron chi connectivity index (χ0n) is 11.3. The summed E-state index contributed by atoms with van der Waals surface area (Å²) >= 11 is 1.90. The van der Waals surface area contributed by atoms with Crippen LogP contribution in [0.3, 0.4) is 0 Å². The monoisotopic (exact) mass is 316 g/mol. The van der Waals surface area contributed by atoms with Crippen LogP contribution >= 0.6 is 24.2 Å². The molecule has 1 saturated heterocycles. The molecule has 112 valence electrons. The zero-order chi connectivity index (χ0) is 13.3. The van der Waals surface area contributed by atoms with E-state index in [-0.39, 0.29) is 18.3 Å². The fraction of sp³-hybridized carbons (Fsp3) is 0.500. The molecule has 1 amide bonds. The van der Waals surface area contributed by atoms with Crippen LogP contribution in [0.2, 0.25) is 0 Å². The molecule has 1 unspecified atom stereocenters. The van der Waals surface area contributed by atoms with Crippen molar-refractivity contribution in [2.75, 3.05) is 31.2 Å². The first-order chi connectivity index (χ1) is 9.34. The maximum atomic E-state index is 11.7. The van der Waals surface area contributed by atoms with E-state index in [4.69, 9.17) is 4.74 Å². The summed E-state index contributed by atoms with van der Waals surface area (Å²) in [6.07, 6.45) is 0.554. The molecule has 2 rings (SSSR count). The van der Waals surface area contributed by atoms with E-state index in [2.05, 4.69) is 10.6 Å². The quantitative estimate of drug-likeness (QED) is 0.784. The van der Waals surface area contributed by atoms with Crippen molar-refractivity contribution in [2.24, 2.45) is 0 Å². The number of rotatable bonds is 6. The van der Waals surface area contributed by atoms with Gasteiger partial charge < -0.3 is 15.4 Å². The third kappa shape index (κ3) is 6.50. The largest absolute Gasteiger partial charge is 0.492 e. The molecular weight excluding hydrogens is 296 g/mol. The van der Waals surface area contributed by atoms with Crippen molar-refractivity contribution < 1.29 is 9.53 Å². The van der Waals surface area contributed by atoms with Crippen LogP contribution in [0.15, 0.2) is 30.3 Å². The van der Waals surface area contributed by atoms with E-state index in [0.29, 0.717) is 25.6 Å². The highest BCUT2D eigenvalue weighted by atomic mass is 35.5. The summed E-state index contributed by atoms with van der Waals surface area (Å²) in [5.41, 5.74) is 0. The van der Waals surface area contributed by atoms with Gasteiger partial charge in [-0.25, -0.2) is 0 Å². The van der Waals surface area contributed by atoms with Crippen LogP contribution < -0.4 is 15.4 Å². The van der Waals surface area contributed by atoms with Crippen molar-refractivity contribution in [3.63, 3.8) is 0 Å². The number of hydrogen-bond acceptors (Lipinski definition) is 4. The van der Waals surface area contributed by atoms with Gasteiger partial charge in [0.05, 0.1) is 6.54 Å². The highest BCUT2D eigenvalue weighted by Crippen LogP contribution is 2.10. The van der Waals surface area contributed by atoms with Gasteiger partial charge in [-0.15, -0.1) is 12.4 Å². The Bertz CT molecular complexity index is 386. The molecule has 0 bridgehead atoms. The molecule has 0 aromatic heterocycles. The minimum Gasteiger partial charge on any atom is -0.492 e. The second kappa shape index (κ2) is 9.91. The van der Waals surface area contributed by atoms with E-state index in [1.165, 1.54) is 0 Å². The molecule has 1 atom stereocenters. The van der Waals surface area contributed by atoms with Crippen LogP contribution in [0, 0.1) is 0 Å². The van der Waals surface area contributed by atoms with Crippen LogP contribution in [0.5, 0.6) is 5.75 Å². The number of thioether (sulfide) groups is 1. The fourth-order valence-corrected chi connectivity index (χ4v) is 2.87. The van der Waals surface area contributed by atoms with Crippen molar-refractivity contribution in [2.45, 2.75) is 12.5 Å². The molecular formula is C14H21ClN2O2S. The maximum absolute atomic E-state index is 11.7. The van der Waals surface area contributed by atoms with Gasteiger partial charge in [0.15, 0.2) is 0 Å². The summed E-state index contributed by atoms with van der Waals surface area (Å²) in [6, 6.07) is 9.94. The van der Waals surface area contributed by atoms with Crippen molar-refractivity contribution >= 4 is 30.1 Å². The SMILES string of the molecule is Cl.O=C(CC1CSCCN1)NCCOc1ccccc1. The van der Waals surface area contributed by atoms with E-state index in [9.17, 15) is 4.79 Å². The van der Waals surface area contributed by atoms with E-state index in [1.54, 1.807) is 0 Å². The molecule has 0 aliphatic carbocycles. The van der Waals surface area contributed by atoms with Gasteiger partial charge in [-0.1, -0.05) is 18.2 Å². The Hall–Kier alpha value is -0.910. The lowest BCUT2D eigenvalue weighted by atomic mass is 10.2. The number of hydrogen-bond donors (Lipinski definition) is 2. The van der Waals surface area contributed by atoms with Gasteiger partial charge in [-0.2, -0.15) is 11.8 Å². The Kier molecular flexibility index (Phi) is 8.49. The Morgan fingerprint density at radius 2 is 2.20 bits per heavy atom. The molecule has 2 N–H and O–H groups in total. The summed E-state index contributed by atoms with van der Waals surface area (Å²) in [5, 5.41) is 6.24. The lowest BCUT2D eigenvalue weighted by Gasteiger charge is -2.22. The molecule has 1 aromatic carbocycles. The second-order valence-corrected chi connectivity index (χ2v) is 5.59. The number of carbonyl (C=O) groups excluding carboxylic acids is 1. The van der Waals surface area contributed by atoms with Gasteiger partial charge >= 0.3 is 0 Å². The number of benzene rings is 1. The van der Waals surface area contributed by atoms with Gasteiger partial charge in [0.2, 0.25) is 5.91 Å². The lowest BCUT2D eigenvalue weighted by molar-refractivity contribution is -0.121. The molecule has 0 radical (unpaired) electrons. The summed E-state index contributed by atoms with van der Waals surface area (Å²) in [6.45, 7) is 2.05. The van der Waals surface area contributed by atoms with Crippen LogP contribution in [-0.4, -0.2) is 43.2 Å². The van der Waals surface area contributed by atoms with Gasteiger partial charge in [-0.3, -0.25) is 4.79 Å². The Balaban J connectivity index is 0.00000200. The third-order valence-electron chi connectivity index (χ3n) is 2.87. The topological polar surface area (TPSA) is 50.4 Å². The number of carbonyl (C=O) groups is 1. The molecule has 20 heavy (non-hydrogen) atoms. The highest BCUT2D eigenvalue weighted by molar-refractivity contribution is 7.99. The zero-order valence-corrected chi connectivity index (χ0v) is 13.0. The summed E-state index contributed by atoms with van der Waals surface area (Å²) in [5.74, 6) is 3.09. The van der Waals surface area contributed by atoms with E-state index in [1.807, 2.05) is 42.1 Å². The van der Waals surface area contributed by atoms with Crippen LogP contribution in [0.25, 0.3) is 0 Å². The lowest BCUT2D eigenvalue weighted by Crippen LogP contribution is -2.41. The first-order valence-electron chi connectivity index (χ1n) is 6.60. The average molecular weight is 317 g/mol. The van der Waals surface area contributed by atoms with Crippen molar-refractivity contribution in [1.82, 2.24) is 10.6 Å². The summed E-state index contributed by atoms with van der Waals surface area (Å²) < 4.78 is 5.51. The third-order valence-corrected chi connectivity index (χ3v) is 4.00. The molecule has 6 heteroatoms. The minimum atomic E-state index is 0.